The molecule has 3 aromatic rings. The average Bonchev–Trinajstić information content (AvgIpc) is 2.73. The van der Waals surface area contributed by atoms with Gasteiger partial charge in [0.25, 0.3) is 10.0 Å². The minimum Gasteiger partial charge on any atom is -0.323 e. The summed E-state index contributed by atoms with van der Waals surface area (Å²) in [5.74, 6) is -0.718. The molecule has 0 atom stereocenters. The standard InChI is InChI=1S/C22H18BrF3N2O3S/c1-15-9-11-18(12-10-15)32(30,31)28(17-6-4-5-16(13-17)22(24,25)26)14-21(29)27-20-8-3-2-7-19(20)23/h2-13H,14H2,1H3,(H,27,29). The number of anilines is 2. The number of hydrogen-bond acceptors (Lipinski definition) is 3. The summed E-state index contributed by atoms with van der Waals surface area (Å²) in [6, 6.07) is 16.4. The molecule has 0 aliphatic rings. The number of alkyl halides is 3. The molecule has 0 saturated carbocycles. The van der Waals surface area contributed by atoms with E-state index in [0.29, 0.717) is 20.5 Å². The lowest BCUT2D eigenvalue weighted by atomic mass is 10.2. The number of benzene rings is 3. The fourth-order valence-corrected chi connectivity index (χ4v) is 4.67. The summed E-state index contributed by atoms with van der Waals surface area (Å²) in [6.45, 7) is 1.05. The van der Waals surface area contributed by atoms with Gasteiger partial charge in [0.2, 0.25) is 5.91 Å². The number of carbonyl (C=O) groups excluding carboxylic acids is 1. The number of sulfonamides is 1. The number of rotatable bonds is 6. The van der Waals surface area contributed by atoms with Gasteiger partial charge in [0.15, 0.2) is 0 Å². The lowest BCUT2D eigenvalue weighted by molar-refractivity contribution is -0.137. The summed E-state index contributed by atoms with van der Waals surface area (Å²) in [5.41, 5.74) is -0.0940. The number of aryl methyl sites for hydroxylation is 1. The van der Waals surface area contributed by atoms with Crippen LogP contribution in [0.4, 0.5) is 24.5 Å². The number of nitrogens with one attached hydrogen (secondary N) is 1. The molecule has 0 fully saturated rings. The van der Waals surface area contributed by atoms with Crippen molar-refractivity contribution in [1.29, 1.82) is 0 Å². The smallest absolute Gasteiger partial charge is 0.323 e. The van der Waals surface area contributed by atoms with Crippen molar-refractivity contribution in [3.63, 3.8) is 0 Å². The van der Waals surface area contributed by atoms with Crippen LogP contribution in [-0.2, 0) is 21.0 Å². The largest absolute Gasteiger partial charge is 0.416 e. The van der Waals surface area contributed by atoms with E-state index < -0.39 is 34.2 Å². The van der Waals surface area contributed by atoms with Gasteiger partial charge in [-0.25, -0.2) is 8.42 Å². The van der Waals surface area contributed by atoms with E-state index in [-0.39, 0.29) is 10.6 Å². The number of hydrogen-bond donors (Lipinski definition) is 1. The van der Waals surface area contributed by atoms with Crippen molar-refractivity contribution in [1.82, 2.24) is 0 Å². The molecular formula is C22H18BrF3N2O3S. The Morgan fingerprint density at radius 3 is 2.28 bits per heavy atom. The molecule has 0 heterocycles. The number of halogens is 4. The molecule has 0 aliphatic carbocycles. The second-order valence-corrected chi connectivity index (χ2v) is 9.62. The maximum atomic E-state index is 13.3. The highest BCUT2D eigenvalue weighted by atomic mass is 79.9. The molecule has 0 radical (unpaired) electrons. The van der Waals surface area contributed by atoms with Gasteiger partial charge in [-0.1, -0.05) is 35.9 Å². The molecule has 0 bridgehead atoms. The van der Waals surface area contributed by atoms with Gasteiger partial charge in [0, 0.05) is 4.47 Å². The lowest BCUT2D eigenvalue weighted by Gasteiger charge is -2.25. The summed E-state index contributed by atoms with van der Waals surface area (Å²) in [4.78, 5) is 12.6. The quantitative estimate of drug-likeness (QED) is 0.453. The zero-order valence-corrected chi connectivity index (χ0v) is 19.1. The van der Waals surface area contributed by atoms with Gasteiger partial charge in [0.05, 0.1) is 21.8 Å². The van der Waals surface area contributed by atoms with Crippen LogP contribution in [0.15, 0.2) is 82.2 Å². The van der Waals surface area contributed by atoms with E-state index in [4.69, 9.17) is 0 Å². The van der Waals surface area contributed by atoms with Crippen LogP contribution in [0, 0.1) is 6.92 Å². The molecule has 0 unspecified atom stereocenters. The Balaban J connectivity index is 2.02. The summed E-state index contributed by atoms with van der Waals surface area (Å²) in [7, 11) is -4.34. The first-order valence-corrected chi connectivity index (χ1v) is 11.5. The van der Waals surface area contributed by atoms with Gasteiger partial charge >= 0.3 is 6.18 Å². The normalized spacial score (nSPS) is 11.8. The third kappa shape index (κ3) is 5.49. The van der Waals surface area contributed by atoms with Crippen LogP contribution in [0.3, 0.4) is 0 Å². The average molecular weight is 527 g/mol. The Kier molecular flexibility index (Phi) is 6.94. The van der Waals surface area contributed by atoms with E-state index in [0.717, 1.165) is 17.7 Å². The Morgan fingerprint density at radius 1 is 1.00 bits per heavy atom. The highest BCUT2D eigenvalue weighted by Crippen LogP contribution is 2.33. The summed E-state index contributed by atoms with van der Waals surface area (Å²) >= 11 is 3.28. The Hall–Kier alpha value is -2.85. The van der Waals surface area contributed by atoms with Gasteiger partial charge < -0.3 is 5.32 Å². The Bertz CT molecular complexity index is 1230. The third-order valence-corrected chi connectivity index (χ3v) is 6.99. The van der Waals surface area contributed by atoms with Gasteiger partial charge in [-0.2, -0.15) is 13.2 Å². The van der Waals surface area contributed by atoms with Crippen LogP contribution in [0.25, 0.3) is 0 Å². The van der Waals surface area contributed by atoms with Crippen molar-refractivity contribution in [2.45, 2.75) is 18.0 Å². The summed E-state index contributed by atoms with van der Waals surface area (Å²) in [6.07, 6.45) is -4.67. The third-order valence-electron chi connectivity index (χ3n) is 4.51. The first-order valence-electron chi connectivity index (χ1n) is 9.29. The van der Waals surface area contributed by atoms with Crippen LogP contribution in [-0.4, -0.2) is 20.9 Å². The van der Waals surface area contributed by atoms with E-state index in [2.05, 4.69) is 21.2 Å². The van der Waals surface area contributed by atoms with E-state index in [1.54, 1.807) is 43.3 Å². The predicted molar refractivity (Wildman–Crippen MR) is 120 cm³/mol. The monoisotopic (exact) mass is 526 g/mol. The number of amides is 1. The van der Waals surface area contributed by atoms with Crippen LogP contribution in [0.2, 0.25) is 0 Å². The van der Waals surface area contributed by atoms with Crippen molar-refractivity contribution >= 4 is 43.2 Å². The molecule has 3 rings (SSSR count). The lowest BCUT2D eigenvalue weighted by Crippen LogP contribution is -2.38. The molecule has 168 valence electrons. The minimum absolute atomic E-state index is 0.144. The fraction of sp³-hybridized carbons (Fsp3) is 0.136. The fourth-order valence-electron chi connectivity index (χ4n) is 2.87. The first-order chi connectivity index (χ1) is 15.0. The second kappa shape index (κ2) is 9.33. The molecule has 3 aromatic carbocycles. The highest BCUT2D eigenvalue weighted by Gasteiger charge is 2.33. The van der Waals surface area contributed by atoms with E-state index in [1.165, 1.54) is 18.2 Å². The van der Waals surface area contributed by atoms with Gasteiger partial charge in [-0.05, 0) is 65.3 Å². The van der Waals surface area contributed by atoms with Gasteiger partial charge in [-0.15, -0.1) is 0 Å². The van der Waals surface area contributed by atoms with Crippen molar-refractivity contribution < 1.29 is 26.4 Å². The van der Waals surface area contributed by atoms with Crippen LogP contribution >= 0.6 is 15.9 Å². The van der Waals surface area contributed by atoms with E-state index in [9.17, 15) is 26.4 Å². The molecule has 5 nitrogen and oxygen atoms in total. The molecule has 0 spiro atoms. The number of para-hydroxylation sites is 1. The summed E-state index contributed by atoms with van der Waals surface area (Å²) in [5, 5.41) is 2.57. The zero-order chi connectivity index (χ0) is 23.5. The predicted octanol–water partition coefficient (Wildman–Crippen LogP) is 5.61. The van der Waals surface area contributed by atoms with Crippen molar-refractivity contribution in [2.75, 3.05) is 16.2 Å². The maximum Gasteiger partial charge on any atom is 0.416 e. The second-order valence-electron chi connectivity index (χ2n) is 6.90. The minimum atomic E-state index is -4.67. The molecule has 1 amide bonds. The number of nitrogens with zero attached hydrogens (tertiary/aromatic N) is 1. The summed E-state index contributed by atoms with van der Waals surface area (Å²) < 4.78 is 67.6. The maximum absolute atomic E-state index is 13.3. The van der Waals surface area contributed by atoms with Crippen LogP contribution < -0.4 is 9.62 Å². The molecular weight excluding hydrogens is 509 g/mol. The Morgan fingerprint density at radius 2 is 1.66 bits per heavy atom. The topological polar surface area (TPSA) is 66.5 Å². The molecule has 32 heavy (non-hydrogen) atoms. The zero-order valence-electron chi connectivity index (χ0n) is 16.7. The van der Waals surface area contributed by atoms with Crippen molar-refractivity contribution in [3.05, 3.63) is 88.4 Å². The first kappa shape index (κ1) is 23.8. The molecule has 1 N–H and O–H groups in total. The van der Waals surface area contributed by atoms with Gasteiger partial charge in [-0.3, -0.25) is 9.10 Å². The van der Waals surface area contributed by atoms with E-state index in [1.807, 2.05) is 0 Å². The van der Waals surface area contributed by atoms with Crippen LogP contribution in [0.5, 0.6) is 0 Å². The van der Waals surface area contributed by atoms with Crippen LogP contribution in [0.1, 0.15) is 11.1 Å². The van der Waals surface area contributed by atoms with E-state index >= 15 is 0 Å². The SMILES string of the molecule is Cc1ccc(S(=O)(=O)N(CC(=O)Nc2ccccc2Br)c2cccc(C(F)(F)F)c2)cc1. The van der Waals surface area contributed by atoms with Crippen molar-refractivity contribution in [2.24, 2.45) is 0 Å². The molecule has 10 heteroatoms. The molecule has 0 aliphatic heterocycles. The van der Waals surface area contributed by atoms with Gasteiger partial charge in [0.1, 0.15) is 6.54 Å². The Labute approximate surface area is 192 Å². The highest BCUT2D eigenvalue weighted by molar-refractivity contribution is 9.10. The number of carbonyl (C=O) groups is 1. The van der Waals surface area contributed by atoms with Crippen molar-refractivity contribution in [3.8, 4) is 0 Å². The molecule has 0 saturated heterocycles. The molecule has 0 aromatic heterocycles.